The summed E-state index contributed by atoms with van der Waals surface area (Å²) in [7, 11) is 0. The highest BCUT2D eigenvalue weighted by atomic mass is 15.2. The molecule has 1 heterocycles. The molecule has 0 amide bonds. The van der Waals surface area contributed by atoms with Crippen molar-refractivity contribution < 1.29 is 0 Å². The highest BCUT2D eigenvalue weighted by Crippen LogP contribution is 2.37. The van der Waals surface area contributed by atoms with Crippen LogP contribution in [0.3, 0.4) is 0 Å². The molecule has 0 radical (unpaired) electrons. The Kier molecular flexibility index (Phi) is 5.53. The van der Waals surface area contributed by atoms with Crippen LogP contribution < -0.4 is 5.32 Å². The van der Waals surface area contributed by atoms with E-state index in [4.69, 9.17) is 0 Å². The Labute approximate surface area is 126 Å². The van der Waals surface area contributed by atoms with Gasteiger partial charge in [0.15, 0.2) is 0 Å². The Morgan fingerprint density at radius 3 is 2.50 bits per heavy atom. The van der Waals surface area contributed by atoms with Gasteiger partial charge in [-0.1, -0.05) is 34.6 Å². The van der Waals surface area contributed by atoms with Gasteiger partial charge in [-0.2, -0.15) is 0 Å². The van der Waals surface area contributed by atoms with Crippen LogP contribution in [-0.2, 0) is 0 Å². The number of likely N-dealkylation sites (tertiary alicyclic amines) is 1. The third-order valence-corrected chi connectivity index (χ3v) is 5.65. The second-order valence-electron chi connectivity index (χ2n) is 8.39. The van der Waals surface area contributed by atoms with E-state index in [0.29, 0.717) is 5.41 Å². The SMILES string of the molecule is CCCNC1CCC(C)CC1N1CCC(C(C)(C)C)C1. The maximum Gasteiger partial charge on any atom is 0.0251 e. The van der Waals surface area contributed by atoms with Crippen molar-refractivity contribution in [2.75, 3.05) is 19.6 Å². The molecule has 2 heteroatoms. The third-order valence-electron chi connectivity index (χ3n) is 5.65. The molecular formula is C18H36N2. The molecule has 2 nitrogen and oxygen atoms in total. The molecule has 1 aliphatic carbocycles. The third kappa shape index (κ3) is 3.98. The first kappa shape index (κ1) is 16.3. The molecule has 0 aromatic heterocycles. The summed E-state index contributed by atoms with van der Waals surface area (Å²) in [5, 5.41) is 3.83. The van der Waals surface area contributed by atoms with Crippen LogP contribution in [0.5, 0.6) is 0 Å². The Morgan fingerprint density at radius 2 is 1.90 bits per heavy atom. The number of hydrogen-bond donors (Lipinski definition) is 1. The Hall–Kier alpha value is -0.0800. The summed E-state index contributed by atoms with van der Waals surface area (Å²) in [5.41, 5.74) is 0.474. The van der Waals surface area contributed by atoms with E-state index < -0.39 is 0 Å². The molecule has 2 rings (SSSR count). The summed E-state index contributed by atoms with van der Waals surface area (Å²) in [6.07, 6.45) is 6.84. The van der Waals surface area contributed by atoms with Crippen molar-refractivity contribution in [2.24, 2.45) is 17.3 Å². The monoisotopic (exact) mass is 280 g/mol. The zero-order valence-electron chi connectivity index (χ0n) is 14.4. The molecule has 1 saturated carbocycles. The molecule has 0 aromatic carbocycles. The topological polar surface area (TPSA) is 15.3 Å². The van der Waals surface area contributed by atoms with E-state index in [-0.39, 0.29) is 0 Å². The van der Waals surface area contributed by atoms with E-state index in [1.54, 1.807) is 0 Å². The summed E-state index contributed by atoms with van der Waals surface area (Å²) < 4.78 is 0. The van der Waals surface area contributed by atoms with Crippen molar-refractivity contribution in [3.63, 3.8) is 0 Å². The van der Waals surface area contributed by atoms with Crippen LogP contribution in [0.1, 0.15) is 66.7 Å². The maximum absolute atomic E-state index is 3.83. The lowest BCUT2D eigenvalue weighted by Gasteiger charge is -2.41. The van der Waals surface area contributed by atoms with E-state index in [9.17, 15) is 0 Å². The Morgan fingerprint density at radius 1 is 1.15 bits per heavy atom. The van der Waals surface area contributed by atoms with Crippen molar-refractivity contribution in [1.29, 1.82) is 0 Å². The fourth-order valence-electron chi connectivity index (χ4n) is 4.12. The molecule has 1 saturated heterocycles. The molecule has 4 atom stereocenters. The summed E-state index contributed by atoms with van der Waals surface area (Å²) in [4.78, 5) is 2.82. The normalized spacial score (nSPS) is 36.5. The predicted molar refractivity (Wildman–Crippen MR) is 88.0 cm³/mol. The van der Waals surface area contributed by atoms with Crippen LogP contribution in [0.4, 0.5) is 0 Å². The summed E-state index contributed by atoms with van der Waals surface area (Å²) in [6.45, 7) is 15.8. The zero-order valence-corrected chi connectivity index (χ0v) is 14.4. The molecule has 0 aromatic rings. The average molecular weight is 280 g/mol. The van der Waals surface area contributed by atoms with Gasteiger partial charge >= 0.3 is 0 Å². The Balaban J connectivity index is 1.97. The second kappa shape index (κ2) is 6.79. The van der Waals surface area contributed by atoms with Crippen LogP contribution in [-0.4, -0.2) is 36.6 Å². The molecule has 4 unspecified atom stereocenters. The second-order valence-corrected chi connectivity index (χ2v) is 8.39. The van der Waals surface area contributed by atoms with Crippen LogP contribution >= 0.6 is 0 Å². The molecule has 1 N–H and O–H groups in total. The molecule has 0 spiro atoms. The molecule has 1 aliphatic heterocycles. The van der Waals surface area contributed by atoms with Crippen molar-refractivity contribution >= 4 is 0 Å². The molecule has 0 bridgehead atoms. The molecule has 118 valence electrons. The lowest BCUT2D eigenvalue weighted by molar-refractivity contribution is 0.111. The van der Waals surface area contributed by atoms with Gasteiger partial charge in [0, 0.05) is 18.6 Å². The van der Waals surface area contributed by atoms with Gasteiger partial charge in [0.05, 0.1) is 0 Å². The van der Waals surface area contributed by atoms with E-state index in [2.05, 4.69) is 44.8 Å². The zero-order chi connectivity index (χ0) is 14.8. The van der Waals surface area contributed by atoms with Crippen LogP contribution in [0.15, 0.2) is 0 Å². The molecule has 2 fully saturated rings. The number of nitrogens with zero attached hydrogens (tertiary/aromatic N) is 1. The predicted octanol–water partition coefficient (Wildman–Crippen LogP) is 3.91. The van der Waals surface area contributed by atoms with E-state index >= 15 is 0 Å². The van der Waals surface area contributed by atoms with Gasteiger partial charge in [-0.3, -0.25) is 4.90 Å². The largest absolute Gasteiger partial charge is 0.312 e. The van der Waals surface area contributed by atoms with Gasteiger partial charge in [-0.05, 0) is 62.4 Å². The minimum absolute atomic E-state index is 0.474. The molecular weight excluding hydrogens is 244 g/mol. The van der Waals surface area contributed by atoms with E-state index in [0.717, 1.165) is 23.9 Å². The number of rotatable bonds is 4. The van der Waals surface area contributed by atoms with E-state index in [1.165, 1.54) is 51.7 Å². The summed E-state index contributed by atoms with van der Waals surface area (Å²) in [5.74, 6) is 1.79. The minimum Gasteiger partial charge on any atom is -0.312 e. The summed E-state index contributed by atoms with van der Waals surface area (Å²) in [6, 6.07) is 1.53. The van der Waals surface area contributed by atoms with Gasteiger partial charge in [0.1, 0.15) is 0 Å². The lowest BCUT2D eigenvalue weighted by Crippen LogP contribution is -2.52. The van der Waals surface area contributed by atoms with Gasteiger partial charge in [-0.25, -0.2) is 0 Å². The van der Waals surface area contributed by atoms with Crippen molar-refractivity contribution in [1.82, 2.24) is 10.2 Å². The number of hydrogen-bond acceptors (Lipinski definition) is 2. The van der Waals surface area contributed by atoms with Crippen molar-refractivity contribution in [2.45, 2.75) is 78.8 Å². The van der Waals surface area contributed by atoms with Gasteiger partial charge < -0.3 is 5.32 Å². The van der Waals surface area contributed by atoms with Gasteiger partial charge in [0.2, 0.25) is 0 Å². The van der Waals surface area contributed by atoms with Crippen LogP contribution in [0.25, 0.3) is 0 Å². The first-order chi connectivity index (χ1) is 9.41. The van der Waals surface area contributed by atoms with E-state index in [1.807, 2.05) is 0 Å². The maximum atomic E-state index is 3.83. The fourth-order valence-corrected chi connectivity index (χ4v) is 4.12. The lowest BCUT2D eigenvalue weighted by atomic mass is 9.80. The standard InChI is InChI=1S/C18H36N2/c1-6-10-19-16-8-7-14(2)12-17(16)20-11-9-15(13-20)18(3,4)5/h14-17,19H,6-13H2,1-5H3. The highest BCUT2D eigenvalue weighted by molar-refractivity contribution is 4.95. The summed E-state index contributed by atoms with van der Waals surface area (Å²) >= 11 is 0. The molecule has 2 aliphatic rings. The first-order valence-electron chi connectivity index (χ1n) is 8.89. The van der Waals surface area contributed by atoms with Crippen molar-refractivity contribution in [3.8, 4) is 0 Å². The van der Waals surface area contributed by atoms with Gasteiger partial charge in [0.25, 0.3) is 0 Å². The molecule has 20 heavy (non-hydrogen) atoms. The smallest absolute Gasteiger partial charge is 0.0251 e. The average Bonchev–Trinajstić information content (AvgIpc) is 2.86. The number of nitrogens with one attached hydrogen (secondary N) is 1. The van der Waals surface area contributed by atoms with Crippen LogP contribution in [0.2, 0.25) is 0 Å². The fraction of sp³-hybridized carbons (Fsp3) is 1.00. The van der Waals surface area contributed by atoms with Crippen molar-refractivity contribution in [3.05, 3.63) is 0 Å². The van der Waals surface area contributed by atoms with Gasteiger partial charge in [-0.15, -0.1) is 0 Å². The quantitative estimate of drug-likeness (QED) is 0.840. The minimum atomic E-state index is 0.474. The first-order valence-corrected chi connectivity index (χ1v) is 8.89. The van der Waals surface area contributed by atoms with Crippen LogP contribution in [0, 0.1) is 17.3 Å². The highest BCUT2D eigenvalue weighted by Gasteiger charge is 2.39. The Bertz CT molecular complexity index is 292.